The molecule has 0 fully saturated rings. The van der Waals surface area contributed by atoms with Crippen molar-refractivity contribution < 1.29 is 22.4 Å². The maximum absolute atomic E-state index is 13.0. The summed E-state index contributed by atoms with van der Waals surface area (Å²) in [6.07, 6.45) is -4.54. The SMILES string of the molecule is O=C(Cn1nc(-c2ccc(F)cc2)ccc1=O)Nc1cccc(C(F)(F)F)c1. The third-order valence-corrected chi connectivity index (χ3v) is 3.77. The monoisotopic (exact) mass is 391 g/mol. The molecule has 1 amide bonds. The van der Waals surface area contributed by atoms with Crippen molar-refractivity contribution in [2.75, 3.05) is 5.32 Å². The fraction of sp³-hybridized carbons (Fsp3) is 0.105. The van der Waals surface area contributed by atoms with E-state index in [4.69, 9.17) is 0 Å². The molecule has 0 saturated carbocycles. The van der Waals surface area contributed by atoms with Gasteiger partial charge in [0.2, 0.25) is 5.91 Å². The molecule has 3 rings (SSSR count). The molecule has 0 bridgehead atoms. The fourth-order valence-corrected chi connectivity index (χ4v) is 2.45. The van der Waals surface area contributed by atoms with Crippen LogP contribution in [0.2, 0.25) is 0 Å². The molecule has 0 aliphatic rings. The average Bonchev–Trinajstić information content (AvgIpc) is 2.64. The molecule has 0 atom stereocenters. The molecule has 0 aliphatic carbocycles. The normalized spacial score (nSPS) is 11.3. The predicted octanol–water partition coefficient (Wildman–Crippen LogP) is 3.71. The number of carbonyl (C=O) groups is 1. The Morgan fingerprint density at radius 2 is 1.75 bits per heavy atom. The molecular formula is C19H13F4N3O2. The summed E-state index contributed by atoms with van der Waals surface area (Å²) in [7, 11) is 0. The maximum Gasteiger partial charge on any atom is 0.416 e. The molecule has 2 aromatic carbocycles. The smallest absolute Gasteiger partial charge is 0.324 e. The molecule has 3 aromatic rings. The van der Waals surface area contributed by atoms with Crippen LogP contribution < -0.4 is 10.9 Å². The number of alkyl halides is 3. The Kier molecular flexibility index (Phi) is 5.25. The quantitative estimate of drug-likeness (QED) is 0.690. The number of carbonyl (C=O) groups excluding carboxylic acids is 1. The van der Waals surface area contributed by atoms with Gasteiger partial charge in [-0.25, -0.2) is 9.07 Å². The number of benzene rings is 2. The fourth-order valence-electron chi connectivity index (χ4n) is 2.45. The van der Waals surface area contributed by atoms with E-state index in [0.717, 1.165) is 22.9 Å². The van der Waals surface area contributed by atoms with E-state index in [2.05, 4.69) is 10.4 Å². The number of anilines is 1. The minimum Gasteiger partial charge on any atom is -0.324 e. The standard InChI is InChI=1S/C19H13F4N3O2/c20-14-6-4-12(5-7-14)16-8-9-18(28)26(25-16)11-17(27)24-15-3-1-2-13(10-15)19(21,22)23/h1-10H,11H2,(H,24,27). The number of halogens is 4. The van der Waals surface area contributed by atoms with Crippen LogP contribution in [0.1, 0.15) is 5.56 Å². The van der Waals surface area contributed by atoms with E-state index in [1.54, 1.807) is 0 Å². The highest BCUT2D eigenvalue weighted by atomic mass is 19.4. The van der Waals surface area contributed by atoms with E-state index in [1.165, 1.54) is 42.5 Å². The van der Waals surface area contributed by atoms with Crippen molar-refractivity contribution in [3.8, 4) is 11.3 Å². The van der Waals surface area contributed by atoms with Gasteiger partial charge >= 0.3 is 6.18 Å². The molecule has 1 aromatic heterocycles. The molecule has 5 nitrogen and oxygen atoms in total. The van der Waals surface area contributed by atoms with Crippen molar-refractivity contribution in [1.29, 1.82) is 0 Å². The summed E-state index contributed by atoms with van der Waals surface area (Å²) in [5, 5.41) is 6.36. The van der Waals surface area contributed by atoms with Gasteiger partial charge in [-0.05, 0) is 48.5 Å². The number of hydrogen-bond donors (Lipinski definition) is 1. The van der Waals surface area contributed by atoms with Gasteiger partial charge in [-0.1, -0.05) is 6.07 Å². The third kappa shape index (κ3) is 4.61. The second-order valence-corrected chi connectivity index (χ2v) is 5.85. The van der Waals surface area contributed by atoms with Crippen molar-refractivity contribution in [2.45, 2.75) is 12.7 Å². The molecule has 9 heteroatoms. The molecule has 0 radical (unpaired) electrons. The minimum absolute atomic E-state index is 0.0532. The number of rotatable bonds is 4. The number of nitrogens with zero attached hydrogens (tertiary/aromatic N) is 2. The zero-order chi connectivity index (χ0) is 20.3. The van der Waals surface area contributed by atoms with Crippen LogP contribution in [0.3, 0.4) is 0 Å². The largest absolute Gasteiger partial charge is 0.416 e. The van der Waals surface area contributed by atoms with Crippen LogP contribution in [0.5, 0.6) is 0 Å². The maximum atomic E-state index is 13.0. The Bertz CT molecular complexity index is 1060. The molecule has 0 aliphatic heterocycles. The molecule has 144 valence electrons. The first-order valence-corrected chi connectivity index (χ1v) is 8.03. The first-order valence-electron chi connectivity index (χ1n) is 8.03. The van der Waals surface area contributed by atoms with Crippen molar-refractivity contribution >= 4 is 11.6 Å². The second kappa shape index (κ2) is 7.63. The van der Waals surface area contributed by atoms with E-state index in [9.17, 15) is 27.2 Å². The predicted molar refractivity (Wildman–Crippen MR) is 94.0 cm³/mol. The van der Waals surface area contributed by atoms with Crippen LogP contribution in [0.15, 0.2) is 65.5 Å². The Labute approximate surface area is 156 Å². The number of amides is 1. The Morgan fingerprint density at radius 3 is 2.43 bits per heavy atom. The molecule has 0 spiro atoms. The lowest BCUT2D eigenvalue weighted by atomic mass is 10.1. The van der Waals surface area contributed by atoms with Gasteiger partial charge in [0.15, 0.2) is 0 Å². The van der Waals surface area contributed by atoms with Gasteiger partial charge in [-0.3, -0.25) is 9.59 Å². The summed E-state index contributed by atoms with van der Waals surface area (Å²) < 4.78 is 52.1. The molecule has 1 heterocycles. The van der Waals surface area contributed by atoms with E-state index in [1.807, 2.05) is 0 Å². The highest BCUT2D eigenvalue weighted by Crippen LogP contribution is 2.30. The zero-order valence-corrected chi connectivity index (χ0v) is 14.2. The van der Waals surface area contributed by atoms with E-state index < -0.39 is 35.6 Å². The molecule has 0 saturated heterocycles. The summed E-state index contributed by atoms with van der Waals surface area (Å²) in [6, 6.07) is 12.2. The van der Waals surface area contributed by atoms with Gasteiger partial charge in [0.05, 0.1) is 11.3 Å². The first kappa shape index (κ1) is 19.3. The number of hydrogen-bond acceptors (Lipinski definition) is 3. The summed E-state index contributed by atoms with van der Waals surface area (Å²) in [6.45, 7) is -0.496. The van der Waals surface area contributed by atoms with Crippen molar-refractivity contribution in [2.24, 2.45) is 0 Å². The summed E-state index contributed by atoms with van der Waals surface area (Å²) in [4.78, 5) is 24.1. The molecule has 1 N–H and O–H groups in total. The number of nitrogens with one attached hydrogen (secondary N) is 1. The van der Waals surface area contributed by atoms with Crippen LogP contribution in [-0.4, -0.2) is 15.7 Å². The molecule has 28 heavy (non-hydrogen) atoms. The average molecular weight is 391 g/mol. The minimum atomic E-state index is -4.54. The lowest BCUT2D eigenvalue weighted by Gasteiger charge is -2.11. The van der Waals surface area contributed by atoms with Crippen LogP contribution in [0, 0.1) is 5.82 Å². The van der Waals surface area contributed by atoms with Crippen molar-refractivity contribution in [1.82, 2.24) is 9.78 Å². The van der Waals surface area contributed by atoms with Crippen LogP contribution in [0.25, 0.3) is 11.3 Å². The van der Waals surface area contributed by atoms with Crippen LogP contribution in [-0.2, 0) is 17.5 Å². The zero-order valence-electron chi connectivity index (χ0n) is 14.2. The Hall–Kier alpha value is -3.49. The van der Waals surface area contributed by atoms with Crippen LogP contribution >= 0.6 is 0 Å². The van der Waals surface area contributed by atoms with Gasteiger partial charge < -0.3 is 5.32 Å². The highest BCUT2D eigenvalue weighted by Gasteiger charge is 2.30. The van der Waals surface area contributed by atoms with Crippen molar-refractivity contribution in [3.63, 3.8) is 0 Å². The third-order valence-electron chi connectivity index (χ3n) is 3.77. The Morgan fingerprint density at radius 1 is 1.04 bits per heavy atom. The van der Waals surface area contributed by atoms with Crippen LogP contribution in [0.4, 0.5) is 23.2 Å². The van der Waals surface area contributed by atoms with E-state index in [0.29, 0.717) is 11.3 Å². The summed E-state index contributed by atoms with van der Waals surface area (Å²) in [5.74, 6) is -1.15. The van der Waals surface area contributed by atoms with Gasteiger partial charge in [0, 0.05) is 17.3 Å². The van der Waals surface area contributed by atoms with Gasteiger partial charge in [0.1, 0.15) is 12.4 Å². The highest BCUT2D eigenvalue weighted by molar-refractivity contribution is 5.90. The molecular weight excluding hydrogens is 378 g/mol. The summed E-state index contributed by atoms with van der Waals surface area (Å²) >= 11 is 0. The molecule has 0 unspecified atom stereocenters. The van der Waals surface area contributed by atoms with Crippen molar-refractivity contribution in [3.05, 3.63) is 82.4 Å². The van der Waals surface area contributed by atoms with Gasteiger partial charge in [0.25, 0.3) is 5.56 Å². The summed E-state index contributed by atoms with van der Waals surface area (Å²) in [5.41, 5.74) is -0.647. The lowest BCUT2D eigenvalue weighted by Crippen LogP contribution is -2.29. The van der Waals surface area contributed by atoms with E-state index in [-0.39, 0.29) is 5.69 Å². The Balaban J connectivity index is 1.78. The number of aromatic nitrogens is 2. The van der Waals surface area contributed by atoms with Gasteiger partial charge in [-0.15, -0.1) is 0 Å². The second-order valence-electron chi connectivity index (χ2n) is 5.85. The van der Waals surface area contributed by atoms with Gasteiger partial charge in [-0.2, -0.15) is 18.3 Å². The van der Waals surface area contributed by atoms with E-state index >= 15 is 0 Å². The first-order chi connectivity index (χ1) is 13.2. The topological polar surface area (TPSA) is 64.0 Å². The lowest BCUT2D eigenvalue weighted by molar-refractivity contribution is -0.137.